The van der Waals surface area contributed by atoms with Gasteiger partial charge in [-0.05, 0) is 26.8 Å². The second-order valence-corrected chi connectivity index (χ2v) is 7.23. The van der Waals surface area contributed by atoms with Gasteiger partial charge in [0.05, 0.1) is 25.0 Å². The lowest BCUT2D eigenvalue weighted by Gasteiger charge is -2.21. The van der Waals surface area contributed by atoms with Crippen molar-refractivity contribution in [2.75, 3.05) is 13.3 Å². The van der Waals surface area contributed by atoms with E-state index in [1.807, 2.05) is 20.8 Å². The summed E-state index contributed by atoms with van der Waals surface area (Å²) in [4.78, 5) is 16.4. The van der Waals surface area contributed by atoms with Crippen LogP contribution in [0.1, 0.15) is 32.8 Å². The van der Waals surface area contributed by atoms with Crippen LogP contribution in [0.5, 0.6) is 11.6 Å². The molecule has 0 aromatic carbocycles. The number of rotatable bonds is 7. The molecule has 26 heavy (non-hydrogen) atoms. The van der Waals surface area contributed by atoms with Crippen molar-refractivity contribution in [3.63, 3.8) is 0 Å². The number of aromatic nitrogens is 3. The van der Waals surface area contributed by atoms with Crippen LogP contribution in [-0.4, -0.2) is 28.0 Å². The topological polar surface area (TPSA) is 66.2 Å². The first-order valence-corrected chi connectivity index (χ1v) is 8.75. The van der Waals surface area contributed by atoms with Gasteiger partial charge < -0.3 is 9.47 Å². The van der Waals surface area contributed by atoms with E-state index in [9.17, 15) is 9.18 Å². The van der Waals surface area contributed by atoms with Gasteiger partial charge in [-0.25, -0.2) is 9.67 Å². The van der Waals surface area contributed by atoms with Crippen molar-refractivity contribution in [2.24, 2.45) is 0 Å². The quantitative estimate of drug-likeness (QED) is 0.515. The average Bonchev–Trinajstić information content (AvgIpc) is 2.56. The maximum Gasteiger partial charge on any atom is 0.289 e. The Bertz CT molecular complexity index is 822. The number of halogens is 3. The first-order chi connectivity index (χ1) is 12.2. The second-order valence-electron chi connectivity index (χ2n) is 6.49. The third kappa shape index (κ3) is 5.08. The number of hydrogen-bond acceptors (Lipinski definition) is 5. The first kappa shape index (κ1) is 20.5. The fourth-order valence-electron chi connectivity index (χ4n) is 2.02. The summed E-state index contributed by atoms with van der Waals surface area (Å²) < 4.78 is 24.2. The SMILES string of the molecule is CC(C)(C)n1ncc(OCc2ccc(OCCCF)nc2Cl)c(Cl)c1=O. The highest BCUT2D eigenvalue weighted by atomic mass is 35.5. The van der Waals surface area contributed by atoms with Crippen LogP contribution in [0.2, 0.25) is 10.2 Å². The van der Waals surface area contributed by atoms with Gasteiger partial charge in [-0.1, -0.05) is 23.2 Å². The predicted octanol–water partition coefficient (Wildman–Crippen LogP) is 4.02. The minimum atomic E-state index is -0.496. The van der Waals surface area contributed by atoms with Crippen LogP contribution in [0.25, 0.3) is 0 Å². The van der Waals surface area contributed by atoms with E-state index >= 15 is 0 Å². The van der Waals surface area contributed by atoms with Crippen molar-refractivity contribution in [1.29, 1.82) is 0 Å². The summed E-state index contributed by atoms with van der Waals surface area (Å²) in [6, 6.07) is 3.29. The van der Waals surface area contributed by atoms with Crippen molar-refractivity contribution in [2.45, 2.75) is 39.3 Å². The number of pyridine rings is 1. The first-order valence-electron chi connectivity index (χ1n) is 7.99. The second kappa shape index (κ2) is 8.68. The van der Waals surface area contributed by atoms with Crippen LogP contribution in [0.3, 0.4) is 0 Å². The molecule has 0 saturated carbocycles. The minimum Gasteiger partial charge on any atom is -0.485 e. The summed E-state index contributed by atoms with van der Waals surface area (Å²) in [5.41, 5.74) is -0.345. The van der Waals surface area contributed by atoms with Crippen molar-refractivity contribution in [3.8, 4) is 11.6 Å². The molecule has 0 unspecified atom stereocenters. The van der Waals surface area contributed by atoms with E-state index < -0.39 is 17.8 Å². The van der Waals surface area contributed by atoms with E-state index in [-0.39, 0.29) is 35.6 Å². The summed E-state index contributed by atoms with van der Waals surface area (Å²) in [7, 11) is 0. The third-order valence-electron chi connectivity index (χ3n) is 3.33. The average molecular weight is 404 g/mol. The van der Waals surface area contributed by atoms with Crippen LogP contribution in [0, 0.1) is 0 Å². The summed E-state index contributed by atoms with van der Waals surface area (Å²) in [6.07, 6.45) is 1.68. The van der Waals surface area contributed by atoms with Gasteiger partial charge >= 0.3 is 0 Å². The fourth-order valence-corrected chi connectivity index (χ4v) is 2.40. The molecule has 2 aromatic heterocycles. The molecule has 0 fully saturated rings. The van der Waals surface area contributed by atoms with E-state index in [4.69, 9.17) is 32.7 Å². The number of ether oxygens (including phenoxy) is 2. The number of alkyl halides is 1. The van der Waals surface area contributed by atoms with Crippen LogP contribution < -0.4 is 15.0 Å². The predicted molar refractivity (Wildman–Crippen MR) is 98.2 cm³/mol. The maximum atomic E-state index is 12.3. The Labute approximate surface area is 160 Å². The van der Waals surface area contributed by atoms with Gasteiger partial charge in [-0.3, -0.25) is 9.18 Å². The van der Waals surface area contributed by atoms with Crippen molar-refractivity contribution in [1.82, 2.24) is 14.8 Å². The lowest BCUT2D eigenvalue weighted by atomic mass is 10.1. The van der Waals surface area contributed by atoms with Crippen molar-refractivity contribution < 1.29 is 13.9 Å². The van der Waals surface area contributed by atoms with Gasteiger partial charge in [-0.15, -0.1) is 0 Å². The molecule has 0 aliphatic rings. The number of hydrogen-bond donors (Lipinski definition) is 0. The Morgan fingerprint density at radius 3 is 2.58 bits per heavy atom. The molecule has 9 heteroatoms. The molecule has 0 spiro atoms. The third-order valence-corrected chi connectivity index (χ3v) is 4.01. The zero-order chi connectivity index (χ0) is 19.3. The minimum absolute atomic E-state index is 0.0508. The Hall–Kier alpha value is -1.86. The summed E-state index contributed by atoms with van der Waals surface area (Å²) >= 11 is 12.2. The molecule has 2 rings (SSSR count). The van der Waals surface area contributed by atoms with Crippen molar-refractivity contribution >= 4 is 23.2 Å². The zero-order valence-corrected chi connectivity index (χ0v) is 16.3. The maximum absolute atomic E-state index is 12.3. The molecule has 2 aromatic rings. The molecule has 0 radical (unpaired) electrons. The van der Waals surface area contributed by atoms with E-state index in [2.05, 4.69) is 10.1 Å². The van der Waals surface area contributed by atoms with Crippen LogP contribution in [0.4, 0.5) is 4.39 Å². The Morgan fingerprint density at radius 2 is 1.96 bits per heavy atom. The standard InChI is InChI=1S/C17H20Cl2FN3O3/c1-17(2,3)23-16(24)14(18)12(9-21-23)26-10-11-5-6-13(22-15(11)19)25-8-4-7-20/h5-6,9H,4,7-8,10H2,1-3H3. The van der Waals surface area contributed by atoms with E-state index in [0.717, 1.165) is 0 Å². The molecule has 0 amide bonds. The fraction of sp³-hybridized carbons (Fsp3) is 0.471. The monoisotopic (exact) mass is 403 g/mol. The van der Waals surface area contributed by atoms with Crippen molar-refractivity contribution in [3.05, 3.63) is 44.4 Å². The van der Waals surface area contributed by atoms with Crippen LogP contribution in [0.15, 0.2) is 23.1 Å². The Balaban J connectivity index is 2.09. The van der Waals surface area contributed by atoms with E-state index in [1.165, 1.54) is 10.9 Å². The lowest BCUT2D eigenvalue weighted by Crippen LogP contribution is -2.36. The highest BCUT2D eigenvalue weighted by molar-refractivity contribution is 6.31. The molecule has 0 saturated heterocycles. The highest BCUT2D eigenvalue weighted by Crippen LogP contribution is 2.24. The van der Waals surface area contributed by atoms with Gasteiger partial charge in [-0.2, -0.15) is 5.10 Å². The van der Waals surface area contributed by atoms with Gasteiger partial charge in [0.25, 0.3) is 5.56 Å². The van der Waals surface area contributed by atoms with Crippen LogP contribution in [-0.2, 0) is 12.1 Å². The molecule has 142 valence electrons. The zero-order valence-electron chi connectivity index (χ0n) is 14.8. The summed E-state index contributed by atoms with van der Waals surface area (Å²) in [5.74, 6) is 0.469. The largest absolute Gasteiger partial charge is 0.485 e. The molecule has 0 aliphatic carbocycles. The molecule has 0 atom stereocenters. The molecule has 0 bridgehead atoms. The number of nitrogens with zero attached hydrogens (tertiary/aromatic N) is 3. The molecular formula is C17H20Cl2FN3O3. The molecule has 6 nitrogen and oxygen atoms in total. The van der Waals surface area contributed by atoms with Gasteiger partial charge in [0, 0.05) is 18.1 Å². The lowest BCUT2D eigenvalue weighted by molar-refractivity contribution is 0.278. The van der Waals surface area contributed by atoms with Gasteiger partial charge in [0.2, 0.25) is 5.88 Å². The molecular weight excluding hydrogens is 384 g/mol. The Kier molecular flexibility index (Phi) is 6.83. The molecule has 0 N–H and O–H groups in total. The molecule has 0 aliphatic heterocycles. The van der Waals surface area contributed by atoms with Gasteiger partial charge in [0.1, 0.15) is 11.8 Å². The van der Waals surface area contributed by atoms with Crippen LogP contribution >= 0.6 is 23.2 Å². The normalized spacial score (nSPS) is 11.5. The van der Waals surface area contributed by atoms with E-state index in [0.29, 0.717) is 11.4 Å². The summed E-state index contributed by atoms with van der Waals surface area (Å²) in [6.45, 7) is 5.36. The molecule has 2 heterocycles. The smallest absolute Gasteiger partial charge is 0.289 e. The summed E-state index contributed by atoms with van der Waals surface area (Å²) in [5, 5.41) is 4.24. The Morgan fingerprint density at radius 1 is 1.23 bits per heavy atom. The van der Waals surface area contributed by atoms with E-state index in [1.54, 1.807) is 12.1 Å². The van der Waals surface area contributed by atoms with Gasteiger partial charge in [0.15, 0.2) is 10.8 Å². The highest BCUT2D eigenvalue weighted by Gasteiger charge is 2.20.